The van der Waals surface area contributed by atoms with Crippen molar-refractivity contribution in [2.24, 2.45) is 0 Å². The molecular weight excluding hydrogens is 305 g/mol. The molecule has 1 aromatic rings. The van der Waals surface area contributed by atoms with Gasteiger partial charge in [-0.25, -0.2) is 0 Å². The molecule has 2 rings (SSSR count). The largest absolute Gasteiger partial charge is 0.397 e. The molecule has 0 saturated heterocycles. The lowest BCUT2D eigenvalue weighted by Crippen LogP contribution is -2.50. The van der Waals surface area contributed by atoms with Crippen LogP contribution in [-0.4, -0.2) is 35.5 Å². The zero-order valence-electron chi connectivity index (χ0n) is 11.1. The molecule has 8 heteroatoms. The molecular formula is C13H13F3N2O2S. The first kappa shape index (κ1) is 15.7. The number of carbonyl (C=O) groups is 2. The molecule has 1 atom stereocenters. The number of hydrogen-bond donors (Lipinski definition) is 1. The summed E-state index contributed by atoms with van der Waals surface area (Å²) in [5.41, 5.74) is 0.983. The Morgan fingerprint density at radius 3 is 2.71 bits per heavy atom. The number of anilines is 2. The van der Waals surface area contributed by atoms with Gasteiger partial charge < -0.3 is 5.32 Å². The fraction of sp³-hybridized carbons (Fsp3) is 0.385. The summed E-state index contributed by atoms with van der Waals surface area (Å²) >= 11 is 0.492. The molecule has 2 amide bonds. The lowest BCUT2D eigenvalue weighted by atomic mass is 10.1. The Labute approximate surface area is 123 Å². The highest BCUT2D eigenvalue weighted by atomic mass is 32.2. The standard InChI is InChI=1S/C13H13F3N2O2S/c1-8-12(20)17-9-4-2-3-5-10(9)18(8)11(19)6-21-7-13(14,15)16/h2-5,8H,6-7H2,1H3,(H,17,20)/t8-/m1/s1. The number of thioether (sulfide) groups is 1. The summed E-state index contributed by atoms with van der Waals surface area (Å²) in [6, 6.07) is 5.95. The number of nitrogens with one attached hydrogen (secondary N) is 1. The highest BCUT2D eigenvalue weighted by Crippen LogP contribution is 2.32. The van der Waals surface area contributed by atoms with Crippen LogP contribution in [0.2, 0.25) is 0 Å². The molecule has 0 fully saturated rings. The zero-order valence-corrected chi connectivity index (χ0v) is 11.9. The topological polar surface area (TPSA) is 49.4 Å². The Morgan fingerprint density at radius 2 is 2.05 bits per heavy atom. The van der Waals surface area contributed by atoms with E-state index in [0.29, 0.717) is 23.1 Å². The first-order valence-electron chi connectivity index (χ1n) is 6.16. The Morgan fingerprint density at radius 1 is 1.38 bits per heavy atom. The number of carbonyl (C=O) groups excluding carboxylic acids is 2. The van der Waals surface area contributed by atoms with E-state index in [1.54, 1.807) is 24.3 Å². The predicted molar refractivity (Wildman–Crippen MR) is 75.4 cm³/mol. The second kappa shape index (κ2) is 5.97. The number of rotatable bonds is 3. The van der Waals surface area contributed by atoms with Crippen LogP contribution < -0.4 is 10.2 Å². The molecule has 0 unspecified atom stereocenters. The van der Waals surface area contributed by atoms with Gasteiger partial charge in [-0.2, -0.15) is 13.2 Å². The van der Waals surface area contributed by atoms with Gasteiger partial charge in [0.25, 0.3) is 0 Å². The average molecular weight is 318 g/mol. The Balaban J connectivity index is 2.14. The fourth-order valence-electron chi connectivity index (χ4n) is 2.03. The Kier molecular flexibility index (Phi) is 4.46. The summed E-state index contributed by atoms with van der Waals surface area (Å²) < 4.78 is 36.3. The van der Waals surface area contributed by atoms with Crippen LogP contribution >= 0.6 is 11.8 Å². The maximum Gasteiger partial charge on any atom is 0.397 e. The molecule has 1 aliphatic heterocycles. The molecule has 1 N–H and O–H groups in total. The minimum Gasteiger partial charge on any atom is -0.322 e. The van der Waals surface area contributed by atoms with Crippen LogP contribution in [-0.2, 0) is 9.59 Å². The van der Waals surface area contributed by atoms with E-state index in [2.05, 4.69) is 5.32 Å². The number of nitrogens with zero attached hydrogens (tertiary/aromatic N) is 1. The van der Waals surface area contributed by atoms with Gasteiger partial charge in [0.15, 0.2) is 0 Å². The Hall–Kier alpha value is -1.70. The van der Waals surface area contributed by atoms with Gasteiger partial charge in [0, 0.05) is 0 Å². The maximum atomic E-state index is 12.2. The van der Waals surface area contributed by atoms with Gasteiger partial charge in [-0.1, -0.05) is 12.1 Å². The molecule has 114 valence electrons. The summed E-state index contributed by atoms with van der Waals surface area (Å²) in [5, 5.41) is 2.66. The van der Waals surface area contributed by atoms with Crippen molar-refractivity contribution in [2.45, 2.75) is 19.1 Å². The first-order chi connectivity index (χ1) is 9.79. The zero-order chi connectivity index (χ0) is 15.6. The van der Waals surface area contributed by atoms with Crippen molar-refractivity contribution in [2.75, 3.05) is 21.7 Å². The molecule has 1 aromatic carbocycles. The number of fused-ring (bicyclic) bond motifs is 1. The van der Waals surface area contributed by atoms with E-state index in [1.807, 2.05) is 0 Å². The highest BCUT2D eigenvalue weighted by Gasteiger charge is 2.34. The SMILES string of the molecule is C[C@@H]1C(=O)Nc2ccccc2N1C(=O)CSCC(F)(F)F. The number of amides is 2. The van der Waals surface area contributed by atoms with Crippen LogP contribution in [0.4, 0.5) is 24.5 Å². The maximum absolute atomic E-state index is 12.2. The van der Waals surface area contributed by atoms with Crippen molar-refractivity contribution in [1.82, 2.24) is 0 Å². The molecule has 0 radical (unpaired) electrons. The van der Waals surface area contributed by atoms with E-state index in [9.17, 15) is 22.8 Å². The molecule has 1 aliphatic rings. The van der Waals surface area contributed by atoms with Gasteiger partial charge in [-0.05, 0) is 19.1 Å². The minimum atomic E-state index is -4.31. The average Bonchev–Trinajstić information content (AvgIpc) is 2.38. The van der Waals surface area contributed by atoms with Gasteiger partial charge in [-0.3, -0.25) is 14.5 Å². The van der Waals surface area contributed by atoms with Crippen molar-refractivity contribution in [1.29, 1.82) is 0 Å². The van der Waals surface area contributed by atoms with Crippen molar-refractivity contribution < 1.29 is 22.8 Å². The van der Waals surface area contributed by atoms with Crippen molar-refractivity contribution in [3.05, 3.63) is 24.3 Å². The lowest BCUT2D eigenvalue weighted by molar-refractivity contribution is -0.122. The number of hydrogen-bond acceptors (Lipinski definition) is 3. The first-order valence-corrected chi connectivity index (χ1v) is 7.31. The summed E-state index contributed by atoms with van der Waals surface area (Å²) in [6.45, 7) is 1.54. The van der Waals surface area contributed by atoms with E-state index >= 15 is 0 Å². The van der Waals surface area contributed by atoms with Gasteiger partial charge in [0.1, 0.15) is 6.04 Å². The van der Waals surface area contributed by atoms with Crippen LogP contribution in [0.15, 0.2) is 24.3 Å². The number of benzene rings is 1. The Bertz CT molecular complexity index is 563. The van der Waals surface area contributed by atoms with Crippen molar-refractivity contribution in [3.63, 3.8) is 0 Å². The van der Waals surface area contributed by atoms with Crippen LogP contribution in [0, 0.1) is 0 Å². The van der Waals surface area contributed by atoms with Crippen LogP contribution in [0.25, 0.3) is 0 Å². The highest BCUT2D eigenvalue weighted by molar-refractivity contribution is 8.00. The van der Waals surface area contributed by atoms with Crippen LogP contribution in [0.5, 0.6) is 0 Å². The molecule has 0 aromatic heterocycles. The third-order valence-corrected chi connectivity index (χ3v) is 3.93. The summed E-state index contributed by atoms with van der Waals surface area (Å²) in [6.07, 6.45) is -4.31. The second-order valence-electron chi connectivity index (χ2n) is 4.55. The molecule has 21 heavy (non-hydrogen) atoms. The smallest absolute Gasteiger partial charge is 0.322 e. The number of alkyl halides is 3. The van der Waals surface area contributed by atoms with E-state index in [1.165, 1.54) is 11.8 Å². The molecule has 1 heterocycles. The van der Waals surface area contributed by atoms with E-state index in [4.69, 9.17) is 0 Å². The second-order valence-corrected chi connectivity index (χ2v) is 5.54. The summed E-state index contributed by atoms with van der Waals surface area (Å²) in [5.74, 6) is -2.29. The fourth-order valence-corrected chi connectivity index (χ4v) is 2.67. The van der Waals surface area contributed by atoms with E-state index < -0.39 is 23.9 Å². The summed E-state index contributed by atoms with van der Waals surface area (Å²) in [4.78, 5) is 25.2. The number of halogens is 3. The van der Waals surface area contributed by atoms with E-state index in [0.717, 1.165) is 0 Å². The predicted octanol–water partition coefficient (Wildman–Crippen LogP) is 2.66. The molecule has 4 nitrogen and oxygen atoms in total. The van der Waals surface area contributed by atoms with Gasteiger partial charge >= 0.3 is 6.18 Å². The van der Waals surface area contributed by atoms with Crippen LogP contribution in [0.3, 0.4) is 0 Å². The minimum absolute atomic E-state index is 0.328. The summed E-state index contributed by atoms with van der Waals surface area (Å²) in [7, 11) is 0. The number of para-hydroxylation sites is 2. The van der Waals surface area contributed by atoms with Gasteiger partial charge in [0.2, 0.25) is 11.8 Å². The van der Waals surface area contributed by atoms with Crippen molar-refractivity contribution in [3.8, 4) is 0 Å². The normalized spacial score (nSPS) is 18.2. The van der Waals surface area contributed by atoms with E-state index in [-0.39, 0.29) is 11.7 Å². The quantitative estimate of drug-likeness (QED) is 0.932. The van der Waals surface area contributed by atoms with Gasteiger partial charge in [-0.15, -0.1) is 11.8 Å². The third kappa shape index (κ3) is 3.69. The van der Waals surface area contributed by atoms with Crippen LogP contribution in [0.1, 0.15) is 6.92 Å². The van der Waals surface area contributed by atoms with Crippen molar-refractivity contribution >= 4 is 35.0 Å². The molecule has 0 aliphatic carbocycles. The molecule has 0 spiro atoms. The monoisotopic (exact) mass is 318 g/mol. The molecule has 0 saturated carbocycles. The lowest BCUT2D eigenvalue weighted by Gasteiger charge is -2.34. The third-order valence-electron chi connectivity index (χ3n) is 2.95. The molecule has 0 bridgehead atoms. The van der Waals surface area contributed by atoms with Gasteiger partial charge in [0.05, 0.1) is 22.9 Å².